The van der Waals surface area contributed by atoms with Crippen LogP contribution in [0.25, 0.3) is 0 Å². The zero-order valence-electron chi connectivity index (χ0n) is 12.1. The molecule has 0 radical (unpaired) electrons. The zero-order valence-corrected chi connectivity index (χ0v) is 12.1. The number of rotatable bonds is 3. The quantitative estimate of drug-likeness (QED) is 0.823. The van der Waals surface area contributed by atoms with Crippen molar-refractivity contribution >= 4 is 5.69 Å². The Morgan fingerprint density at radius 2 is 1.47 bits per heavy atom. The van der Waals surface area contributed by atoms with Gasteiger partial charge in [-0.1, -0.05) is 29.8 Å². The van der Waals surface area contributed by atoms with Gasteiger partial charge < -0.3 is 11.1 Å². The normalized spacial score (nSPS) is 12.4. The van der Waals surface area contributed by atoms with Crippen molar-refractivity contribution in [2.75, 3.05) is 12.8 Å². The van der Waals surface area contributed by atoms with Crippen LogP contribution in [0.2, 0.25) is 0 Å². The number of benzene rings is 2. The topological polar surface area (TPSA) is 38.0 Å². The fourth-order valence-corrected chi connectivity index (χ4v) is 2.81. The molecule has 0 bridgehead atoms. The summed E-state index contributed by atoms with van der Waals surface area (Å²) in [5.74, 6) is 0. The first-order valence-corrected chi connectivity index (χ1v) is 6.63. The number of hydrogen-bond acceptors (Lipinski definition) is 2. The van der Waals surface area contributed by atoms with Crippen molar-refractivity contribution in [1.82, 2.24) is 5.32 Å². The average molecular weight is 254 g/mol. The smallest absolute Gasteiger partial charge is 0.0579 e. The summed E-state index contributed by atoms with van der Waals surface area (Å²) in [6.07, 6.45) is 0. The van der Waals surface area contributed by atoms with Gasteiger partial charge in [0.2, 0.25) is 0 Å². The number of nitrogens with one attached hydrogen (secondary N) is 1. The van der Waals surface area contributed by atoms with Crippen LogP contribution in [0, 0.1) is 20.8 Å². The molecular weight excluding hydrogens is 232 g/mol. The summed E-state index contributed by atoms with van der Waals surface area (Å²) in [4.78, 5) is 0. The summed E-state index contributed by atoms with van der Waals surface area (Å²) in [6, 6.07) is 12.8. The Kier molecular flexibility index (Phi) is 3.91. The summed E-state index contributed by atoms with van der Waals surface area (Å²) >= 11 is 0. The van der Waals surface area contributed by atoms with Gasteiger partial charge in [0.05, 0.1) is 6.04 Å². The Morgan fingerprint density at radius 1 is 0.947 bits per heavy atom. The van der Waals surface area contributed by atoms with Gasteiger partial charge in [-0.15, -0.1) is 0 Å². The number of anilines is 1. The Labute approximate surface area is 115 Å². The zero-order chi connectivity index (χ0) is 14.0. The number of nitrogen functional groups attached to an aromatic ring is 1. The van der Waals surface area contributed by atoms with Crippen molar-refractivity contribution in [3.63, 3.8) is 0 Å². The van der Waals surface area contributed by atoms with E-state index < -0.39 is 0 Å². The van der Waals surface area contributed by atoms with E-state index in [2.05, 4.69) is 50.4 Å². The number of hydrogen-bond donors (Lipinski definition) is 2. The van der Waals surface area contributed by atoms with Crippen LogP contribution < -0.4 is 11.1 Å². The first-order chi connectivity index (χ1) is 9.02. The fraction of sp³-hybridized carbons (Fsp3) is 0.294. The molecule has 0 aliphatic rings. The minimum atomic E-state index is 0.209. The van der Waals surface area contributed by atoms with Crippen LogP contribution in [0.4, 0.5) is 5.69 Å². The molecule has 0 fully saturated rings. The van der Waals surface area contributed by atoms with Crippen LogP contribution in [0.15, 0.2) is 36.4 Å². The average Bonchev–Trinajstić information content (AvgIpc) is 2.35. The van der Waals surface area contributed by atoms with Crippen molar-refractivity contribution in [2.24, 2.45) is 0 Å². The Bertz CT molecular complexity index is 547. The lowest BCUT2D eigenvalue weighted by atomic mass is 9.90. The maximum Gasteiger partial charge on any atom is 0.0579 e. The van der Waals surface area contributed by atoms with Crippen molar-refractivity contribution < 1.29 is 0 Å². The van der Waals surface area contributed by atoms with E-state index in [9.17, 15) is 0 Å². The van der Waals surface area contributed by atoms with Crippen LogP contribution in [-0.2, 0) is 0 Å². The molecule has 2 aromatic rings. The van der Waals surface area contributed by atoms with Gasteiger partial charge in [0, 0.05) is 5.69 Å². The minimum Gasteiger partial charge on any atom is -0.399 e. The summed E-state index contributed by atoms with van der Waals surface area (Å²) in [5, 5.41) is 3.41. The summed E-state index contributed by atoms with van der Waals surface area (Å²) in [5.41, 5.74) is 13.1. The highest BCUT2D eigenvalue weighted by molar-refractivity contribution is 5.47. The Hall–Kier alpha value is -1.80. The molecule has 2 heteroatoms. The Morgan fingerprint density at radius 3 is 1.95 bits per heavy atom. The van der Waals surface area contributed by atoms with Gasteiger partial charge in [-0.25, -0.2) is 0 Å². The van der Waals surface area contributed by atoms with Gasteiger partial charge in [0.15, 0.2) is 0 Å². The molecule has 2 nitrogen and oxygen atoms in total. The van der Waals surface area contributed by atoms with E-state index in [1.807, 2.05) is 19.2 Å². The summed E-state index contributed by atoms with van der Waals surface area (Å²) < 4.78 is 0. The van der Waals surface area contributed by atoms with E-state index in [4.69, 9.17) is 5.73 Å². The molecule has 0 aliphatic carbocycles. The molecule has 0 heterocycles. The van der Waals surface area contributed by atoms with Crippen LogP contribution in [0.1, 0.15) is 33.9 Å². The van der Waals surface area contributed by atoms with E-state index in [1.54, 1.807) is 0 Å². The SMILES string of the molecule is CNC(c1ccc(N)cc1)c1c(C)cc(C)cc1C. The highest BCUT2D eigenvalue weighted by atomic mass is 14.9. The first kappa shape index (κ1) is 13.6. The van der Waals surface area contributed by atoms with Gasteiger partial charge in [0.1, 0.15) is 0 Å². The number of aryl methyl sites for hydroxylation is 3. The monoisotopic (exact) mass is 254 g/mol. The lowest BCUT2D eigenvalue weighted by molar-refractivity contribution is 0.683. The predicted molar refractivity (Wildman–Crippen MR) is 82.4 cm³/mol. The van der Waals surface area contributed by atoms with Gasteiger partial charge in [-0.3, -0.25) is 0 Å². The lowest BCUT2D eigenvalue weighted by Crippen LogP contribution is -2.20. The van der Waals surface area contributed by atoms with Gasteiger partial charge in [0.25, 0.3) is 0 Å². The third kappa shape index (κ3) is 2.79. The molecule has 0 amide bonds. The van der Waals surface area contributed by atoms with Crippen LogP contribution >= 0.6 is 0 Å². The molecule has 19 heavy (non-hydrogen) atoms. The van der Waals surface area contributed by atoms with E-state index in [-0.39, 0.29) is 6.04 Å². The first-order valence-electron chi connectivity index (χ1n) is 6.63. The molecule has 0 saturated heterocycles. The molecule has 3 N–H and O–H groups in total. The van der Waals surface area contributed by atoms with E-state index in [0.717, 1.165) is 5.69 Å². The molecule has 0 spiro atoms. The Balaban J connectivity index is 2.51. The molecule has 2 aromatic carbocycles. The molecule has 0 aliphatic heterocycles. The van der Waals surface area contributed by atoms with Gasteiger partial charge in [-0.05, 0) is 62.2 Å². The second-order valence-electron chi connectivity index (χ2n) is 5.20. The van der Waals surface area contributed by atoms with Crippen molar-refractivity contribution in [1.29, 1.82) is 0 Å². The van der Waals surface area contributed by atoms with Crippen molar-refractivity contribution in [3.05, 3.63) is 64.2 Å². The third-order valence-electron chi connectivity index (χ3n) is 3.59. The fourth-order valence-electron chi connectivity index (χ4n) is 2.81. The van der Waals surface area contributed by atoms with Crippen molar-refractivity contribution in [3.8, 4) is 0 Å². The van der Waals surface area contributed by atoms with E-state index in [1.165, 1.54) is 27.8 Å². The van der Waals surface area contributed by atoms with Gasteiger partial charge in [-0.2, -0.15) is 0 Å². The third-order valence-corrected chi connectivity index (χ3v) is 3.59. The molecule has 0 aromatic heterocycles. The second-order valence-corrected chi connectivity index (χ2v) is 5.20. The molecule has 2 rings (SSSR count). The highest BCUT2D eigenvalue weighted by Gasteiger charge is 2.16. The van der Waals surface area contributed by atoms with Gasteiger partial charge >= 0.3 is 0 Å². The summed E-state index contributed by atoms with van der Waals surface area (Å²) in [7, 11) is 2.00. The minimum absolute atomic E-state index is 0.209. The molecule has 0 saturated carbocycles. The molecule has 100 valence electrons. The summed E-state index contributed by atoms with van der Waals surface area (Å²) in [6.45, 7) is 6.50. The van der Waals surface area contributed by atoms with E-state index >= 15 is 0 Å². The molecule has 1 atom stereocenters. The van der Waals surface area contributed by atoms with Crippen LogP contribution in [0.5, 0.6) is 0 Å². The van der Waals surface area contributed by atoms with Crippen molar-refractivity contribution in [2.45, 2.75) is 26.8 Å². The van der Waals surface area contributed by atoms with Crippen LogP contribution in [0.3, 0.4) is 0 Å². The standard InChI is InChI=1S/C17H22N2/c1-11-9-12(2)16(13(3)10-11)17(19-4)14-5-7-15(18)8-6-14/h5-10,17,19H,18H2,1-4H3. The largest absolute Gasteiger partial charge is 0.399 e. The maximum absolute atomic E-state index is 5.77. The van der Waals surface area contributed by atoms with Crippen LogP contribution in [-0.4, -0.2) is 7.05 Å². The second kappa shape index (κ2) is 5.45. The predicted octanol–water partition coefficient (Wildman–Crippen LogP) is 3.50. The molecule has 1 unspecified atom stereocenters. The molecular formula is C17H22N2. The maximum atomic E-state index is 5.77. The highest BCUT2D eigenvalue weighted by Crippen LogP contribution is 2.29. The van der Waals surface area contributed by atoms with E-state index in [0.29, 0.717) is 0 Å². The number of nitrogens with two attached hydrogens (primary N) is 1. The lowest BCUT2D eigenvalue weighted by Gasteiger charge is -2.22.